The van der Waals surface area contributed by atoms with Crippen molar-refractivity contribution in [3.05, 3.63) is 35.7 Å². The predicted molar refractivity (Wildman–Crippen MR) is 74.1 cm³/mol. The second kappa shape index (κ2) is 4.57. The van der Waals surface area contributed by atoms with Crippen molar-refractivity contribution in [1.82, 2.24) is 9.36 Å². The summed E-state index contributed by atoms with van der Waals surface area (Å²) in [6.45, 7) is 1.99. The molecule has 1 aromatic carbocycles. The molecule has 1 unspecified atom stereocenters. The van der Waals surface area contributed by atoms with E-state index >= 15 is 0 Å². The monoisotopic (exact) mass is 295 g/mol. The molecule has 1 N–H and O–H groups in total. The third-order valence-corrected chi connectivity index (χ3v) is 5.60. The van der Waals surface area contributed by atoms with Crippen LogP contribution in [0.1, 0.15) is 24.4 Å². The maximum Gasteiger partial charge on any atom is 0.203 e. The molecule has 1 aromatic heterocycles. The van der Waals surface area contributed by atoms with Crippen LogP contribution in [0.25, 0.3) is 0 Å². The van der Waals surface area contributed by atoms with E-state index in [-0.39, 0.29) is 11.8 Å². The normalized spacial score (nSPS) is 20.2. The first-order valence-corrected chi connectivity index (χ1v) is 8.43. The van der Waals surface area contributed by atoms with Crippen molar-refractivity contribution in [2.24, 2.45) is 0 Å². The van der Waals surface area contributed by atoms with Crippen LogP contribution in [0.2, 0.25) is 0 Å². The van der Waals surface area contributed by atoms with Crippen molar-refractivity contribution in [1.29, 1.82) is 0 Å². The van der Waals surface area contributed by atoms with Crippen molar-refractivity contribution < 1.29 is 8.42 Å². The summed E-state index contributed by atoms with van der Waals surface area (Å²) in [5.41, 5.74) is 0.816. The minimum atomic E-state index is -3.18. The summed E-state index contributed by atoms with van der Waals surface area (Å²) in [6.07, 6.45) is 0.776. The van der Waals surface area contributed by atoms with Crippen LogP contribution in [-0.2, 0) is 16.3 Å². The highest BCUT2D eigenvalue weighted by Crippen LogP contribution is 2.35. The van der Waals surface area contributed by atoms with Gasteiger partial charge in [-0.15, -0.1) is 0 Å². The Morgan fingerprint density at radius 1 is 1.42 bits per heavy atom. The van der Waals surface area contributed by atoms with Gasteiger partial charge in [0.15, 0.2) is 9.84 Å². The third kappa shape index (κ3) is 2.23. The number of aromatic nitrogens is 2. The number of fused-ring (bicyclic) bond motifs is 1. The van der Waals surface area contributed by atoms with Crippen LogP contribution in [0, 0.1) is 0 Å². The third-order valence-electron chi connectivity index (χ3n) is 3.10. The van der Waals surface area contributed by atoms with Crippen LogP contribution in [-0.4, -0.2) is 23.5 Å². The molecule has 1 atom stereocenters. The topological polar surface area (TPSA) is 72.0 Å². The lowest BCUT2D eigenvalue weighted by atomic mass is 10.1. The maximum absolute atomic E-state index is 12.0. The highest BCUT2D eigenvalue weighted by atomic mass is 32.2. The Kier molecular flexibility index (Phi) is 3.02. The fourth-order valence-electron chi connectivity index (χ4n) is 2.18. The van der Waals surface area contributed by atoms with E-state index in [0.29, 0.717) is 10.0 Å². The average molecular weight is 295 g/mol. The molecule has 3 rings (SSSR count). The van der Waals surface area contributed by atoms with E-state index < -0.39 is 9.84 Å². The molecule has 0 fully saturated rings. The lowest BCUT2D eigenvalue weighted by molar-refractivity contribution is 0.598. The Labute approximate surface area is 115 Å². The standard InChI is InChI=1S/C12H13N3O2S2/c1-2-11-14-12(18-15-11)13-9-7-19(16,17)10-6-4-3-5-8(9)10/h3-6,9H,2,7H2,1H3,(H,13,14,15). The van der Waals surface area contributed by atoms with Crippen LogP contribution in [0.3, 0.4) is 0 Å². The largest absolute Gasteiger partial charge is 0.352 e. The molecule has 100 valence electrons. The van der Waals surface area contributed by atoms with Crippen LogP contribution in [0.5, 0.6) is 0 Å². The summed E-state index contributed by atoms with van der Waals surface area (Å²) in [7, 11) is -3.18. The van der Waals surface area contributed by atoms with E-state index in [4.69, 9.17) is 0 Å². The molecule has 1 aliphatic rings. The molecule has 0 saturated carbocycles. The molecule has 7 heteroatoms. The Balaban J connectivity index is 1.91. The van der Waals surface area contributed by atoms with Gasteiger partial charge in [-0.3, -0.25) is 0 Å². The van der Waals surface area contributed by atoms with Gasteiger partial charge in [0.05, 0.1) is 16.7 Å². The van der Waals surface area contributed by atoms with Crippen LogP contribution >= 0.6 is 11.5 Å². The zero-order valence-electron chi connectivity index (χ0n) is 10.3. The quantitative estimate of drug-likeness (QED) is 0.938. The minimum absolute atomic E-state index is 0.0768. The maximum atomic E-state index is 12.0. The number of nitrogens with one attached hydrogen (secondary N) is 1. The highest BCUT2D eigenvalue weighted by Gasteiger charge is 2.34. The molecule has 0 spiro atoms. The lowest BCUT2D eigenvalue weighted by Crippen LogP contribution is -2.12. The summed E-state index contributed by atoms with van der Waals surface area (Å²) >= 11 is 1.27. The first kappa shape index (κ1) is 12.6. The second-order valence-electron chi connectivity index (χ2n) is 4.39. The van der Waals surface area contributed by atoms with E-state index in [1.807, 2.05) is 19.1 Å². The number of hydrogen-bond acceptors (Lipinski definition) is 6. The van der Waals surface area contributed by atoms with Gasteiger partial charge in [0.2, 0.25) is 5.13 Å². The predicted octanol–water partition coefficient (Wildman–Crippen LogP) is 2.04. The van der Waals surface area contributed by atoms with Crippen LogP contribution < -0.4 is 5.32 Å². The fourth-order valence-corrected chi connectivity index (χ4v) is 4.61. The molecule has 1 aliphatic heterocycles. The van der Waals surface area contributed by atoms with Crippen molar-refractivity contribution in [3.8, 4) is 0 Å². The fraction of sp³-hybridized carbons (Fsp3) is 0.333. The van der Waals surface area contributed by atoms with Gasteiger partial charge in [0.1, 0.15) is 5.82 Å². The smallest absolute Gasteiger partial charge is 0.203 e. The summed E-state index contributed by atoms with van der Waals surface area (Å²) in [5.74, 6) is 0.856. The zero-order valence-corrected chi connectivity index (χ0v) is 12.0. The molecule has 0 bridgehead atoms. The second-order valence-corrected chi connectivity index (χ2v) is 7.14. The van der Waals surface area contributed by atoms with Gasteiger partial charge in [-0.25, -0.2) is 13.4 Å². The number of sulfone groups is 1. The molecule has 0 aliphatic carbocycles. The number of benzene rings is 1. The van der Waals surface area contributed by atoms with Crippen LogP contribution in [0.15, 0.2) is 29.2 Å². The first-order valence-electron chi connectivity index (χ1n) is 6.01. The van der Waals surface area contributed by atoms with E-state index in [1.54, 1.807) is 12.1 Å². The summed E-state index contributed by atoms with van der Waals surface area (Å²) in [6, 6.07) is 6.87. The van der Waals surface area contributed by atoms with Crippen molar-refractivity contribution in [2.75, 3.05) is 11.1 Å². The molecule has 2 aromatic rings. The van der Waals surface area contributed by atoms with E-state index in [0.717, 1.165) is 17.8 Å². The van der Waals surface area contributed by atoms with Gasteiger partial charge in [0.25, 0.3) is 0 Å². The van der Waals surface area contributed by atoms with Gasteiger partial charge in [-0.2, -0.15) is 4.37 Å². The number of nitrogens with zero attached hydrogens (tertiary/aromatic N) is 2. The van der Waals surface area contributed by atoms with Crippen molar-refractivity contribution >= 4 is 26.5 Å². The van der Waals surface area contributed by atoms with Gasteiger partial charge < -0.3 is 5.32 Å². The molecular weight excluding hydrogens is 282 g/mol. The van der Waals surface area contributed by atoms with Crippen molar-refractivity contribution in [3.63, 3.8) is 0 Å². The van der Waals surface area contributed by atoms with E-state index in [2.05, 4.69) is 14.7 Å². The van der Waals surface area contributed by atoms with E-state index in [9.17, 15) is 8.42 Å². The van der Waals surface area contributed by atoms with Crippen molar-refractivity contribution in [2.45, 2.75) is 24.3 Å². The Bertz CT molecular complexity index is 709. The highest BCUT2D eigenvalue weighted by molar-refractivity contribution is 7.91. The van der Waals surface area contributed by atoms with Crippen LogP contribution in [0.4, 0.5) is 5.13 Å². The van der Waals surface area contributed by atoms with E-state index in [1.165, 1.54) is 11.5 Å². The molecule has 0 radical (unpaired) electrons. The first-order chi connectivity index (χ1) is 9.10. The number of anilines is 1. The SMILES string of the molecule is CCc1nsc(NC2CS(=O)(=O)c3ccccc32)n1. The number of aryl methyl sites for hydroxylation is 1. The Morgan fingerprint density at radius 2 is 2.21 bits per heavy atom. The van der Waals surface area contributed by atoms with Gasteiger partial charge >= 0.3 is 0 Å². The Hall–Kier alpha value is -1.47. The summed E-state index contributed by atoms with van der Waals surface area (Å²) < 4.78 is 28.3. The lowest BCUT2D eigenvalue weighted by Gasteiger charge is -2.10. The molecular formula is C12H13N3O2S2. The van der Waals surface area contributed by atoms with Gasteiger partial charge in [-0.05, 0) is 11.6 Å². The summed E-state index contributed by atoms with van der Waals surface area (Å²) in [5, 5.41) is 3.85. The molecule has 2 heterocycles. The zero-order chi connectivity index (χ0) is 13.5. The Morgan fingerprint density at radius 3 is 2.95 bits per heavy atom. The molecule has 0 amide bonds. The average Bonchev–Trinajstić information content (AvgIpc) is 2.94. The minimum Gasteiger partial charge on any atom is -0.352 e. The van der Waals surface area contributed by atoms with Gasteiger partial charge in [0, 0.05) is 18.0 Å². The number of rotatable bonds is 3. The summed E-state index contributed by atoms with van der Waals surface area (Å²) in [4.78, 5) is 4.74. The molecule has 0 saturated heterocycles. The number of hydrogen-bond donors (Lipinski definition) is 1. The van der Waals surface area contributed by atoms with Gasteiger partial charge in [-0.1, -0.05) is 25.1 Å². The molecule has 5 nitrogen and oxygen atoms in total. The molecule has 19 heavy (non-hydrogen) atoms.